The van der Waals surface area contributed by atoms with Crippen LogP contribution in [0, 0.1) is 0 Å². The third-order valence-electron chi connectivity index (χ3n) is 2.99. The van der Waals surface area contributed by atoms with Gasteiger partial charge >= 0.3 is 5.69 Å². The maximum absolute atomic E-state index is 12.2. The van der Waals surface area contributed by atoms with E-state index in [2.05, 4.69) is 0 Å². The average molecular weight is 232 g/mol. The Morgan fingerprint density at radius 1 is 1.18 bits per heavy atom. The number of fused-ring (bicyclic) bond motifs is 1. The lowest BCUT2D eigenvalue weighted by Gasteiger charge is -2.09. The Hall–Kier alpha value is -1.84. The molecule has 1 aromatic carbocycles. The number of unbranched alkanes of at least 4 members (excludes halogenated alkanes) is 1. The molecule has 1 heterocycles. The first kappa shape index (κ1) is 11.6. The number of aromatic nitrogens is 2. The minimum atomic E-state index is -0.234. The molecule has 0 saturated carbocycles. The van der Waals surface area contributed by atoms with Crippen molar-refractivity contribution in [2.45, 2.75) is 26.3 Å². The number of nitrogens with zero attached hydrogens (tertiary/aromatic N) is 2. The normalized spacial score (nSPS) is 10.9. The van der Waals surface area contributed by atoms with Crippen molar-refractivity contribution in [2.24, 2.45) is 7.05 Å². The van der Waals surface area contributed by atoms with Gasteiger partial charge in [-0.1, -0.05) is 25.5 Å². The fourth-order valence-corrected chi connectivity index (χ4v) is 1.98. The van der Waals surface area contributed by atoms with E-state index in [1.54, 1.807) is 19.2 Å². The van der Waals surface area contributed by atoms with Crippen LogP contribution in [0.1, 0.15) is 19.8 Å². The maximum atomic E-state index is 12.2. The summed E-state index contributed by atoms with van der Waals surface area (Å²) in [5.41, 5.74) is 0.273. The summed E-state index contributed by atoms with van der Waals surface area (Å²) < 4.78 is 2.86. The van der Waals surface area contributed by atoms with Gasteiger partial charge in [-0.05, 0) is 18.6 Å². The van der Waals surface area contributed by atoms with Crippen molar-refractivity contribution >= 4 is 10.9 Å². The van der Waals surface area contributed by atoms with Gasteiger partial charge in [0.25, 0.3) is 5.56 Å². The number of hydrogen-bond acceptors (Lipinski definition) is 2. The summed E-state index contributed by atoms with van der Waals surface area (Å²) in [5.74, 6) is 0. The highest BCUT2D eigenvalue weighted by Gasteiger charge is 2.09. The summed E-state index contributed by atoms with van der Waals surface area (Å²) in [6.07, 6.45) is 1.80. The molecule has 0 saturated heterocycles. The van der Waals surface area contributed by atoms with Crippen molar-refractivity contribution in [3.8, 4) is 0 Å². The summed E-state index contributed by atoms with van der Waals surface area (Å²) in [6.45, 7) is 2.53. The molecule has 0 fully saturated rings. The molecule has 0 bridgehead atoms. The van der Waals surface area contributed by atoms with Gasteiger partial charge in [0.05, 0.1) is 10.9 Å². The SMILES string of the molecule is CCCCn1c(=O)c2ccccc2n(C)c1=O. The predicted octanol–water partition coefficient (Wildman–Crippen LogP) is 1.50. The van der Waals surface area contributed by atoms with Crippen LogP contribution < -0.4 is 11.2 Å². The fraction of sp³-hybridized carbons (Fsp3) is 0.385. The zero-order chi connectivity index (χ0) is 12.4. The molecule has 0 N–H and O–H groups in total. The number of aryl methyl sites for hydroxylation is 1. The number of para-hydroxylation sites is 1. The Morgan fingerprint density at radius 2 is 1.88 bits per heavy atom. The van der Waals surface area contributed by atoms with Gasteiger partial charge in [-0.2, -0.15) is 0 Å². The summed E-state index contributed by atoms with van der Waals surface area (Å²) in [6, 6.07) is 7.21. The first-order valence-corrected chi connectivity index (χ1v) is 5.85. The molecule has 0 amide bonds. The third-order valence-corrected chi connectivity index (χ3v) is 2.99. The molecule has 2 aromatic rings. The molecule has 0 atom stereocenters. The minimum absolute atomic E-state index is 0.183. The van der Waals surface area contributed by atoms with E-state index in [1.807, 2.05) is 19.1 Å². The molecular weight excluding hydrogens is 216 g/mol. The molecule has 0 spiro atoms. The zero-order valence-electron chi connectivity index (χ0n) is 10.1. The molecule has 0 aliphatic heterocycles. The van der Waals surface area contributed by atoms with Gasteiger partial charge < -0.3 is 0 Å². The molecule has 2 rings (SSSR count). The highest BCUT2D eigenvalue weighted by molar-refractivity contribution is 5.77. The van der Waals surface area contributed by atoms with Crippen LogP contribution in [-0.2, 0) is 13.6 Å². The van der Waals surface area contributed by atoms with E-state index in [0.29, 0.717) is 17.4 Å². The van der Waals surface area contributed by atoms with Crippen molar-refractivity contribution in [3.05, 3.63) is 45.1 Å². The van der Waals surface area contributed by atoms with Crippen LogP contribution in [0.3, 0.4) is 0 Å². The second-order valence-electron chi connectivity index (χ2n) is 4.17. The molecule has 1 aromatic heterocycles. The summed E-state index contributed by atoms with van der Waals surface area (Å²) in [7, 11) is 1.70. The van der Waals surface area contributed by atoms with Gasteiger partial charge in [0.2, 0.25) is 0 Å². The first-order chi connectivity index (χ1) is 8.16. The highest BCUT2D eigenvalue weighted by atomic mass is 16.2. The van der Waals surface area contributed by atoms with Crippen LogP contribution in [0.15, 0.2) is 33.9 Å². The van der Waals surface area contributed by atoms with E-state index in [4.69, 9.17) is 0 Å². The van der Waals surface area contributed by atoms with E-state index < -0.39 is 0 Å². The van der Waals surface area contributed by atoms with Gasteiger partial charge in [-0.15, -0.1) is 0 Å². The van der Waals surface area contributed by atoms with E-state index >= 15 is 0 Å². The van der Waals surface area contributed by atoms with Crippen LogP contribution in [0.5, 0.6) is 0 Å². The Bertz CT molecular complexity index is 652. The molecule has 0 aliphatic rings. The smallest absolute Gasteiger partial charge is 0.296 e. The molecule has 4 nitrogen and oxygen atoms in total. The minimum Gasteiger partial charge on any atom is -0.296 e. The second kappa shape index (κ2) is 4.57. The van der Waals surface area contributed by atoms with E-state index in [-0.39, 0.29) is 11.2 Å². The van der Waals surface area contributed by atoms with Gasteiger partial charge in [-0.3, -0.25) is 13.9 Å². The van der Waals surface area contributed by atoms with Gasteiger partial charge in [-0.25, -0.2) is 4.79 Å². The van der Waals surface area contributed by atoms with E-state index in [9.17, 15) is 9.59 Å². The Labute approximate surface area is 99.1 Å². The fourth-order valence-electron chi connectivity index (χ4n) is 1.98. The van der Waals surface area contributed by atoms with Crippen LogP contribution >= 0.6 is 0 Å². The zero-order valence-corrected chi connectivity index (χ0v) is 10.1. The molecular formula is C13H16N2O2. The van der Waals surface area contributed by atoms with E-state index in [0.717, 1.165) is 12.8 Å². The standard InChI is InChI=1S/C13H16N2O2/c1-3-4-9-15-12(16)10-7-5-6-8-11(10)14(2)13(15)17/h5-8H,3-4,9H2,1-2H3. The van der Waals surface area contributed by atoms with Crippen molar-refractivity contribution in [2.75, 3.05) is 0 Å². The number of benzene rings is 1. The van der Waals surface area contributed by atoms with Gasteiger partial charge in [0, 0.05) is 13.6 Å². The molecule has 0 radical (unpaired) electrons. The van der Waals surface area contributed by atoms with Crippen LogP contribution in [0.4, 0.5) is 0 Å². The quantitative estimate of drug-likeness (QED) is 0.805. The lowest BCUT2D eigenvalue weighted by Crippen LogP contribution is -2.39. The summed E-state index contributed by atoms with van der Waals surface area (Å²) in [5, 5.41) is 0.603. The molecule has 90 valence electrons. The first-order valence-electron chi connectivity index (χ1n) is 5.85. The average Bonchev–Trinajstić information content (AvgIpc) is 2.36. The topological polar surface area (TPSA) is 44.0 Å². The summed E-state index contributed by atoms with van der Waals surface area (Å²) >= 11 is 0. The second-order valence-corrected chi connectivity index (χ2v) is 4.17. The van der Waals surface area contributed by atoms with Gasteiger partial charge in [0.15, 0.2) is 0 Å². The van der Waals surface area contributed by atoms with Crippen LogP contribution in [-0.4, -0.2) is 9.13 Å². The largest absolute Gasteiger partial charge is 0.331 e. The van der Waals surface area contributed by atoms with Crippen LogP contribution in [0.2, 0.25) is 0 Å². The highest BCUT2D eigenvalue weighted by Crippen LogP contribution is 2.05. The maximum Gasteiger partial charge on any atom is 0.331 e. The van der Waals surface area contributed by atoms with Crippen molar-refractivity contribution in [3.63, 3.8) is 0 Å². The lowest BCUT2D eigenvalue weighted by molar-refractivity contribution is 0.568. The molecule has 0 aliphatic carbocycles. The molecule has 0 unspecified atom stereocenters. The Kier molecular flexibility index (Phi) is 3.13. The van der Waals surface area contributed by atoms with E-state index in [1.165, 1.54) is 9.13 Å². The Balaban J connectivity index is 2.78. The van der Waals surface area contributed by atoms with Crippen LogP contribution in [0.25, 0.3) is 10.9 Å². The molecule has 4 heteroatoms. The monoisotopic (exact) mass is 232 g/mol. The number of hydrogen-bond donors (Lipinski definition) is 0. The van der Waals surface area contributed by atoms with Gasteiger partial charge in [0.1, 0.15) is 0 Å². The van der Waals surface area contributed by atoms with Crippen molar-refractivity contribution < 1.29 is 0 Å². The lowest BCUT2D eigenvalue weighted by atomic mass is 10.2. The number of rotatable bonds is 3. The third kappa shape index (κ3) is 1.90. The predicted molar refractivity (Wildman–Crippen MR) is 68.4 cm³/mol. The Morgan fingerprint density at radius 3 is 2.59 bits per heavy atom. The summed E-state index contributed by atoms with van der Waals surface area (Å²) in [4.78, 5) is 24.2. The molecule has 17 heavy (non-hydrogen) atoms. The van der Waals surface area contributed by atoms with Crippen molar-refractivity contribution in [1.82, 2.24) is 9.13 Å². The van der Waals surface area contributed by atoms with Crippen molar-refractivity contribution in [1.29, 1.82) is 0 Å².